The highest BCUT2D eigenvalue weighted by molar-refractivity contribution is 7.53. The molecule has 104 valence electrons. The molecule has 6 heteroatoms. The number of hydrogen-bond donors (Lipinski definition) is 1. The summed E-state index contributed by atoms with van der Waals surface area (Å²) in [7, 11) is -2.97. The minimum absolute atomic E-state index is 0. The summed E-state index contributed by atoms with van der Waals surface area (Å²) in [6, 6.07) is 9.94. The van der Waals surface area contributed by atoms with Gasteiger partial charge < -0.3 is 14.4 Å². The van der Waals surface area contributed by atoms with Crippen LogP contribution < -0.4 is 5.32 Å². The Kier molecular flexibility index (Phi) is 9.34. The zero-order valence-electron chi connectivity index (χ0n) is 10.8. The van der Waals surface area contributed by atoms with Gasteiger partial charge >= 0.3 is 7.60 Å². The highest BCUT2D eigenvalue weighted by Gasteiger charge is 2.22. The summed E-state index contributed by atoms with van der Waals surface area (Å²) in [4.78, 5) is 0. The molecule has 4 nitrogen and oxygen atoms in total. The molecule has 0 aliphatic rings. The SMILES string of the molecule is CCOP(=O)(CNCc1ccccc1)OCC.Cl. The van der Waals surface area contributed by atoms with Crippen LogP contribution >= 0.6 is 20.0 Å². The summed E-state index contributed by atoms with van der Waals surface area (Å²) in [6.07, 6.45) is 0.240. The van der Waals surface area contributed by atoms with Crippen LogP contribution in [0.25, 0.3) is 0 Å². The molecule has 0 atom stereocenters. The van der Waals surface area contributed by atoms with Crippen LogP contribution in [0.2, 0.25) is 0 Å². The first kappa shape index (κ1) is 17.6. The molecule has 0 heterocycles. The van der Waals surface area contributed by atoms with Gasteiger partial charge in [0.2, 0.25) is 0 Å². The molecule has 0 saturated carbocycles. The Labute approximate surface area is 115 Å². The fourth-order valence-corrected chi connectivity index (χ4v) is 2.88. The zero-order chi connectivity index (χ0) is 12.6. The van der Waals surface area contributed by atoms with Gasteiger partial charge in [0.25, 0.3) is 0 Å². The second-order valence-corrected chi connectivity index (χ2v) is 5.57. The maximum Gasteiger partial charge on any atom is 0.344 e. The molecular weight excluding hydrogens is 273 g/mol. The van der Waals surface area contributed by atoms with Crippen molar-refractivity contribution < 1.29 is 13.6 Å². The van der Waals surface area contributed by atoms with Crippen LogP contribution in [0.1, 0.15) is 19.4 Å². The van der Waals surface area contributed by atoms with E-state index in [1.165, 1.54) is 0 Å². The highest BCUT2D eigenvalue weighted by atomic mass is 35.5. The fourth-order valence-electron chi connectivity index (χ4n) is 1.45. The van der Waals surface area contributed by atoms with Crippen LogP contribution in [0, 0.1) is 0 Å². The van der Waals surface area contributed by atoms with Gasteiger partial charge in [-0.25, -0.2) is 0 Å². The normalized spacial score (nSPS) is 11.0. The molecule has 0 saturated heterocycles. The Morgan fingerprint density at radius 3 is 2.17 bits per heavy atom. The smallest absolute Gasteiger partial charge is 0.308 e. The van der Waals surface area contributed by atoms with Gasteiger partial charge in [0.15, 0.2) is 0 Å². The zero-order valence-corrected chi connectivity index (χ0v) is 12.5. The number of hydrogen-bond acceptors (Lipinski definition) is 4. The van der Waals surface area contributed by atoms with Gasteiger partial charge in [-0.15, -0.1) is 12.4 Å². The van der Waals surface area contributed by atoms with Gasteiger partial charge in [-0.1, -0.05) is 30.3 Å². The van der Waals surface area contributed by atoms with Crippen LogP contribution in [-0.4, -0.2) is 19.5 Å². The maximum absolute atomic E-state index is 12.1. The number of nitrogens with one attached hydrogen (secondary N) is 1. The lowest BCUT2D eigenvalue weighted by atomic mass is 10.2. The Bertz CT molecular complexity index is 352. The molecule has 18 heavy (non-hydrogen) atoms. The molecule has 0 aliphatic carbocycles. The van der Waals surface area contributed by atoms with E-state index in [-0.39, 0.29) is 18.7 Å². The van der Waals surface area contributed by atoms with E-state index >= 15 is 0 Å². The number of rotatable bonds is 8. The van der Waals surface area contributed by atoms with Crippen molar-refractivity contribution in [3.63, 3.8) is 0 Å². The molecule has 0 spiro atoms. The van der Waals surface area contributed by atoms with Gasteiger partial charge in [0.05, 0.1) is 19.5 Å². The number of benzene rings is 1. The highest BCUT2D eigenvalue weighted by Crippen LogP contribution is 2.46. The van der Waals surface area contributed by atoms with E-state index in [0.717, 1.165) is 5.56 Å². The van der Waals surface area contributed by atoms with Gasteiger partial charge in [0.1, 0.15) is 0 Å². The van der Waals surface area contributed by atoms with Crippen LogP contribution in [-0.2, 0) is 20.2 Å². The average Bonchev–Trinajstić information content (AvgIpc) is 2.31. The molecule has 1 aromatic carbocycles. The molecule has 0 aliphatic heterocycles. The van der Waals surface area contributed by atoms with E-state index < -0.39 is 7.60 Å². The predicted octanol–water partition coefficient (Wildman–Crippen LogP) is 3.42. The monoisotopic (exact) mass is 293 g/mol. The van der Waals surface area contributed by atoms with E-state index in [2.05, 4.69) is 5.32 Å². The van der Waals surface area contributed by atoms with Crippen molar-refractivity contribution in [3.8, 4) is 0 Å². The first-order chi connectivity index (χ1) is 8.20. The summed E-state index contributed by atoms with van der Waals surface area (Å²) in [5.74, 6) is 0. The van der Waals surface area contributed by atoms with Crippen molar-refractivity contribution >= 4 is 20.0 Å². The average molecular weight is 294 g/mol. The van der Waals surface area contributed by atoms with Gasteiger partial charge in [-0.3, -0.25) is 4.57 Å². The standard InChI is InChI=1S/C12H20NO3P.ClH/c1-3-15-17(14,16-4-2)11-13-10-12-8-6-5-7-9-12;/h5-9,13H,3-4,10-11H2,1-2H3;1H. The van der Waals surface area contributed by atoms with E-state index in [9.17, 15) is 4.57 Å². The molecule has 0 fully saturated rings. The molecular formula is C12H21ClNO3P. The Balaban J connectivity index is 0.00000289. The van der Waals surface area contributed by atoms with Crippen LogP contribution in [0.3, 0.4) is 0 Å². The topological polar surface area (TPSA) is 47.6 Å². The Hall–Kier alpha value is -0.380. The predicted molar refractivity (Wildman–Crippen MR) is 76.3 cm³/mol. The largest absolute Gasteiger partial charge is 0.344 e. The van der Waals surface area contributed by atoms with Crippen molar-refractivity contribution in [2.75, 3.05) is 19.5 Å². The lowest BCUT2D eigenvalue weighted by molar-refractivity contribution is 0.218. The lowest BCUT2D eigenvalue weighted by Crippen LogP contribution is -2.17. The Morgan fingerprint density at radius 1 is 1.11 bits per heavy atom. The first-order valence-corrected chi connectivity index (χ1v) is 7.55. The third-order valence-corrected chi connectivity index (χ3v) is 4.04. The fraction of sp³-hybridized carbons (Fsp3) is 0.500. The third kappa shape index (κ3) is 6.53. The van der Waals surface area contributed by atoms with E-state index in [1.54, 1.807) is 0 Å². The molecule has 0 bridgehead atoms. The molecule has 1 N–H and O–H groups in total. The summed E-state index contributed by atoms with van der Waals surface area (Å²) in [6.45, 7) is 5.06. The summed E-state index contributed by atoms with van der Waals surface area (Å²) >= 11 is 0. The van der Waals surface area contributed by atoms with E-state index in [4.69, 9.17) is 9.05 Å². The van der Waals surface area contributed by atoms with E-state index in [0.29, 0.717) is 19.8 Å². The molecule has 0 aromatic heterocycles. The quantitative estimate of drug-likeness (QED) is 0.746. The summed E-state index contributed by atoms with van der Waals surface area (Å²) in [5, 5.41) is 3.10. The van der Waals surface area contributed by atoms with Crippen LogP contribution in [0.4, 0.5) is 0 Å². The maximum atomic E-state index is 12.1. The van der Waals surface area contributed by atoms with Crippen LogP contribution in [0.15, 0.2) is 30.3 Å². The minimum Gasteiger partial charge on any atom is -0.308 e. The van der Waals surface area contributed by atoms with Crippen molar-refractivity contribution in [1.82, 2.24) is 5.32 Å². The van der Waals surface area contributed by atoms with Gasteiger partial charge in [-0.2, -0.15) is 0 Å². The summed E-state index contributed by atoms with van der Waals surface area (Å²) < 4.78 is 22.5. The van der Waals surface area contributed by atoms with Gasteiger partial charge in [0, 0.05) is 6.54 Å². The lowest BCUT2D eigenvalue weighted by Gasteiger charge is -2.17. The van der Waals surface area contributed by atoms with E-state index in [1.807, 2.05) is 44.2 Å². The molecule has 1 aromatic rings. The molecule has 0 unspecified atom stereocenters. The first-order valence-electron chi connectivity index (χ1n) is 5.83. The second-order valence-electron chi connectivity index (χ2n) is 3.52. The molecule has 0 radical (unpaired) electrons. The van der Waals surface area contributed by atoms with Crippen molar-refractivity contribution in [1.29, 1.82) is 0 Å². The van der Waals surface area contributed by atoms with Crippen molar-refractivity contribution in [3.05, 3.63) is 35.9 Å². The Morgan fingerprint density at radius 2 is 1.67 bits per heavy atom. The summed E-state index contributed by atoms with van der Waals surface area (Å²) in [5.41, 5.74) is 1.15. The minimum atomic E-state index is -2.97. The number of halogens is 1. The van der Waals surface area contributed by atoms with Crippen LogP contribution in [0.5, 0.6) is 0 Å². The molecule has 1 rings (SSSR count). The van der Waals surface area contributed by atoms with Crippen molar-refractivity contribution in [2.45, 2.75) is 20.4 Å². The van der Waals surface area contributed by atoms with Crippen molar-refractivity contribution in [2.24, 2.45) is 0 Å². The second kappa shape index (κ2) is 9.54. The molecule has 0 amide bonds. The third-order valence-electron chi connectivity index (χ3n) is 2.13. The van der Waals surface area contributed by atoms with Gasteiger partial charge in [-0.05, 0) is 19.4 Å².